The van der Waals surface area contributed by atoms with Gasteiger partial charge in [0.1, 0.15) is 0 Å². The summed E-state index contributed by atoms with van der Waals surface area (Å²) in [5.74, 6) is 0.893. The van der Waals surface area contributed by atoms with Crippen LogP contribution in [0.3, 0.4) is 0 Å². The minimum Gasteiger partial charge on any atom is -0.0851 e. The second kappa shape index (κ2) is 3.05. The van der Waals surface area contributed by atoms with E-state index in [0.717, 1.165) is 5.92 Å². The van der Waals surface area contributed by atoms with Crippen molar-refractivity contribution in [2.75, 3.05) is 0 Å². The number of rotatable bonds is 0. The Balaban J connectivity index is 2.42. The van der Waals surface area contributed by atoms with E-state index in [1.165, 1.54) is 31.3 Å². The third kappa shape index (κ3) is 2.21. The number of allylic oxidation sites excluding steroid dienone is 2. The molecule has 0 aromatic carbocycles. The maximum absolute atomic E-state index is 3.95. The van der Waals surface area contributed by atoms with E-state index in [1.54, 1.807) is 0 Å². The Hall–Kier alpha value is -0.260. The van der Waals surface area contributed by atoms with Crippen LogP contribution in [0.4, 0.5) is 0 Å². The SMILES string of the molecule is [CH2]C1=CCC(C)CCC1. The Kier molecular flexibility index (Phi) is 2.32. The summed E-state index contributed by atoms with van der Waals surface area (Å²) in [6.45, 7) is 6.27. The summed E-state index contributed by atoms with van der Waals surface area (Å²) in [5, 5.41) is 0. The lowest BCUT2D eigenvalue weighted by atomic mass is 10.0. The van der Waals surface area contributed by atoms with Crippen LogP contribution >= 0.6 is 0 Å². The summed E-state index contributed by atoms with van der Waals surface area (Å²) in [6.07, 6.45) is 7.49. The van der Waals surface area contributed by atoms with Crippen LogP contribution in [0, 0.1) is 12.8 Å². The molecule has 0 aromatic rings. The average molecular weight is 123 g/mol. The van der Waals surface area contributed by atoms with Crippen LogP contribution in [0.25, 0.3) is 0 Å². The monoisotopic (exact) mass is 123 g/mol. The average Bonchev–Trinajstić information content (AvgIpc) is 1.97. The first kappa shape index (κ1) is 6.85. The standard InChI is InChI=1S/C9H15/c1-8-4-3-5-9(2)7-6-8/h6,9H,1,3-5,7H2,2H3. The van der Waals surface area contributed by atoms with Crippen molar-refractivity contribution in [2.45, 2.75) is 32.6 Å². The van der Waals surface area contributed by atoms with Gasteiger partial charge < -0.3 is 0 Å². The van der Waals surface area contributed by atoms with Gasteiger partial charge >= 0.3 is 0 Å². The first-order valence-corrected chi connectivity index (χ1v) is 3.80. The second-order valence-electron chi connectivity index (χ2n) is 3.10. The van der Waals surface area contributed by atoms with Gasteiger partial charge in [0.15, 0.2) is 0 Å². The molecule has 0 fully saturated rings. The minimum absolute atomic E-state index is 0.893. The van der Waals surface area contributed by atoms with Crippen LogP contribution in [0.5, 0.6) is 0 Å². The molecule has 1 radical (unpaired) electrons. The third-order valence-electron chi connectivity index (χ3n) is 2.00. The maximum atomic E-state index is 3.95. The predicted octanol–water partition coefficient (Wildman–Crippen LogP) is 2.96. The molecule has 1 aliphatic rings. The molecule has 0 N–H and O–H groups in total. The van der Waals surface area contributed by atoms with Crippen LogP contribution in [0.2, 0.25) is 0 Å². The third-order valence-corrected chi connectivity index (χ3v) is 2.00. The van der Waals surface area contributed by atoms with Crippen molar-refractivity contribution >= 4 is 0 Å². The lowest BCUT2D eigenvalue weighted by Crippen LogP contribution is -1.88. The largest absolute Gasteiger partial charge is 0.0851 e. The lowest BCUT2D eigenvalue weighted by Gasteiger charge is -2.01. The first-order valence-electron chi connectivity index (χ1n) is 3.80. The summed E-state index contributed by atoms with van der Waals surface area (Å²) in [5.41, 5.74) is 1.35. The Morgan fingerprint density at radius 1 is 1.67 bits per heavy atom. The molecule has 0 aromatic heterocycles. The first-order chi connectivity index (χ1) is 4.29. The molecule has 0 spiro atoms. The fourth-order valence-corrected chi connectivity index (χ4v) is 1.27. The zero-order chi connectivity index (χ0) is 6.69. The van der Waals surface area contributed by atoms with Crippen molar-refractivity contribution in [3.8, 4) is 0 Å². The molecule has 1 aliphatic carbocycles. The molecule has 0 saturated heterocycles. The summed E-state index contributed by atoms with van der Waals surface area (Å²) in [4.78, 5) is 0. The molecule has 1 atom stereocenters. The molecule has 0 bridgehead atoms. The van der Waals surface area contributed by atoms with Gasteiger partial charge in [-0.2, -0.15) is 0 Å². The van der Waals surface area contributed by atoms with Gasteiger partial charge in [0.05, 0.1) is 0 Å². The molecule has 0 aliphatic heterocycles. The van der Waals surface area contributed by atoms with Crippen molar-refractivity contribution in [1.29, 1.82) is 0 Å². The Morgan fingerprint density at radius 2 is 2.44 bits per heavy atom. The highest BCUT2D eigenvalue weighted by Crippen LogP contribution is 2.20. The molecule has 0 nitrogen and oxygen atoms in total. The van der Waals surface area contributed by atoms with E-state index < -0.39 is 0 Å². The quantitative estimate of drug-likeness (QED) is 0.464. The topological polar surface area (TPSA) is 0 Å². The highest BCUT2D eigenvalue weighted by molar-refractivity contribution is 5.06. The van der Waals surface area contributed by atoms with Crippen LogP contribution in [0.1, 0.15) is 32.6 Å². The smallest absolute Gasteiger partial charge is 0.0283 e. The van der Waals surface area contributed by atoms with Gasteiger partial charge in [-0.05, 0) is 32.1 Å². The normalized spacial score (nSPS) is 29.1. The molecule has 1 rings (SSSR count). The van der Waals surface area contributed by atoms with Gasteiger partial charge in [-0.3, -0.25) is 0 Å². The zero-order valence-electron chi connectivity index (χ0n) is 6.19. The molecule has 0 amide bonds. The van der Waals surface area contributed by atoms with E-state index in [0.29, 0.717) is 0 Å². The summed E-state index contributed by atoms with van der Waals surface area (Å²) in [6, 6.07) is 0. The van der Waals surface area contributed by atoms with Crippen LogP contribution in [-0.2, 0) is 0 Å². The fourth-order valence-electron chi connectivity index (χ4n) is 1.27. The van der Waals surface area contributed by atoms with Crippen LogP contribution < -0.4 is 0 Å². The summed E-state index contributed by atoms with van der Waals surface area (Å²) >= 11 is 0. The molecule has 51 valence electrons. The molecule has 0 saturated carbocycles. The van der Waals surface area contributed by atoms with Crippen molar-refractivity contribution in [3.63, 3.8) is 0 Å². The maximum Gasteiger partial charge on any atom is -0.0283 e. The Morgan fingerprint density at radius 3 is 3.22 bits per heavy atom. The van der Waals surface area contributed by atoms with Crippen LogP contribution in [0.15, 0.2) is 11.6 Å². The van der Waals surface area contributed by atoms with Gasteiger partial charge in [0.2, 0.25) is 0 Å². The van der Waals surface area contributed by atoms with Crippen molar-refractivity contribution in [3.05, 3.63) is 18.6 Å². The molecule has 1 unspecified atom stereocenters. The zero-order valence-corrected chi connectivity index (χ0v) is 6.19. The van der Waals surface area contributed by atoms with Gasteiger partial charge in [0, 0.05) is 0 Å². The minimum atomic E-state index is 0.893. The Bertz CT molecular complexity index is 111. The van der Waals surface area contributed by atoms with Crippen molar-refractivity contribution in [2.24, 2.45) is 5.92 Å². The highest BCUT2D eigenvalue weighted by atomic mass is 14.1. The molecular formula is C9H15. The lowest BCUT2D eigenvalue weighted by molar-refractivity contribution is 0.532. The van der Waals surface area contributed by atoms with Gasteiger partial charge in [-0.1, -0.05) is 25.0 Å². The van der Waals surface area contributed by atoms with E-state index in [2.05, 4.69) is 19.9 Å². The Labute approximate surface area is 58.0 Å². The number of hydrogen-bond acceptors (Lipinski definition) is 0. The van der Waals surface area contributed by atoms with Crippen molar-refractivity contribution in [1.82, 2.24) is 0 Å². The van der Waals surface area contributed by atoms with E-state index >= 15 is 0 Å². The van der Waals surface area contributed by atoms with E-state index in [9.17, 15) is 0 Å². The molecule has 0 heterocycles. The van der Waals surface area contributed by atoms with Gasteiger partial charge in [-0.25, -0.2) is 0 Å². The van der Waals surface area contributed by atoms with Gasteiger partial charge in [0.25, 0.3) is 0 Å². The molecular weight excluding hydrogens is 108 g/mol. The summed E-state index contributed by atoms with van der Waals surface area (Å²) in [7, 11) is 0. The predicted molar refractivity (Wildman–Crippen MR) is 41.1 cm³/mol. The highest BCUT2D eigenvalue weighted by Gasteiger charge is 2.04. The van der Waals surface area contributed by atoms with E-state index in [-0.39, 0.29) is 0 Å². The fraction of sp³-hybridized carbons (Fsp3) is 0.667. The number of hydrogen-bond donors (Lipinski definition) is 0. The second-order valence-corrected chi connectivity index (χ2v) is 3.10. The van der Waals surface area contributed by atoms with E-state index in [1.807, 2.05) is 0 Å². The van der Waals surface area contributed by atoms with Crippen molar-refractivity contribution < 1.29 is 0 Å². The molecule has 9 heavy (non-hydrogen) atoms. The molecule has 0 heteroatoms. The van der Waals surface area contributed by atoms with Gasteiger partial charge in [-0.15, -0.1) is 0 Å². The summed E-state index contributed by atoms with van der Waals surface area (Å²) < 4.78 is 0. The van der Waals surface area contributed by atoms with Crippen LogP contribution in [-0.4, -0.2) is 0 Å². The van der Waals surface area contributed by atoms with E-state index in [4.69, 9.17) is 0 Å².